The van der Waals surface area contributed by atoms with Crippen molar-refractivity contribution in [3.63, 3.8) is 0 Å². The van der Waals surface area contributed by atoms with Crippen molar-refractivity contribution in [1.29, 1.82) is 5.26 Å². The van der Waals surface area contributed by atoms with Crippen LogP contribution >= 0.6 is 0 Å². The van der Waals surface area contributed by atoms with Gasteiger partial charge in [-0.15, -0.1) is 0 Å². The summed E-state index contributed by atoms with van der Waals surface area (Å²) in [4.78, 5) is 2.56. The van der Waals surface area contributed by atoms with Crippen LogP contribution in [0.3, 0.4) is 0 Å². The Kier molecular flexibility index (Phi) is 9.09. The molecule has 1 aliphatic carbocycles. The van der Waals surface area contributed by atoms with E-state index in [2.05, 4.69) is 71.6 Å². The van der Waals surface area contributed by atoms with Gasteiger partial charge in [-0.3, -0.25) is 0 Å². The third kappa shape index (κ3) is 6.80. The van der Waals surface area contributed by atoms with Crippen LogP contribution in [0, 0.1) is 23.1 Å². The second kappa shape index (κ2) is 12.7. The predicted molar refractivity (Wildman–Crippen MR) is 142 cm³/mol. The van der Waals surface area contributed by atoms with Gasteiger partial charge in [-0.1, -0.05) is 85.6 Å². The van der Waals surface area contributed by atoms with Gasteiger partial charge in [-0.05, 0) is 79.8 Å². The van der Waals surface area contributed by atoms with Crippen molar-refractivity contribution in [3.05, 3.63) is 107 Å². The zero-order valence-corrected chi connectivity index (χ0v) is 20.7. The fourth-order valence-electron chi connectivity index (χ4n) is 5.74. The van der Waals surface area contributed by atoms with E-state index >= 15 is 0 Å². The second-order valence-corrected chi connectivity index (χ2v) is 9.99. The van der Waals surface area contributed by atoms with Gasteiger partial charge in [-0.25, -0.2) is 4.39 Å². The van der Waals surface area contributed by atoms with Gasteiger partial charge in [0.2, 0.25) is 0 Å². The fraction of sp³-hybridized carbons (Fsp3) is 0.406. The molecule has 0 aromatic heterocycles. The van der Waals surface area contributed by atoms with E-state index in [9.17, 15) is 9.65 Å². The predicted octanol–water partition coefficient (Wildman–Crippen LogP) is 7.34. The average Bonchev–Trinajstić information content (AvgIpc) is 3.45. The van der Waals surface area contributed by atoms with Crippen molar-refractivity contribution in [2.24, 2.45) is 5.92 Å². The summed E-state index contributed by atoms with van der Waals surface area (Å²) in [6.07, 6.45) is 8.41. The Morgan fingerprint density at radius 2 is 1.31 bits per heavy atom. The zero-order valence-electron chi connectivity index (χ0n) is 20.7. The Morgan fingerprint density at radius 1 is 0.771 bits per heavy atom. The van der Waals surface area contributed by atoms with Gasteiger partial charge >= 0.3 is 0 Å². The lowest BCUT2D eigenvalue weighted by Gasteiger charge is -2.34. The standard InChI is InChI=1S/C32H37FN2/c33-31-18-16-30(17-19-31)32(26-34,29-14-7-8-15-29)22-9-23-35(24-20-27-10-3-1-4-11-27)25-21-28-12-5-2-6-13-28/h1-6,10-13,16-19,29H,7-9,14-15,20-25H2. The van der Waals surface area contributed by atoms with E-state index in [1.165, 1.54) is 36.1 Å². The lowest BCUT2D eigenvalue weighted by molar-refractivity contribution is 0.248. The average molecular weight is 469 g/mol. The van der Waals surface area contributed by atoms with E-state index in [1.54, 1.807) is 0 Å². The molecule has 35 heavy (non-hydrogen) atoms. The minimum absolute atomic E-state index is 0.236. The first-order valence-electron chi connectivity index (χ1n) is 13.2. The smallest absolute Gasteiger partial charge is 0.123 e. The maximum atomic E-state index is 13.7. The Bertz CT molecular complexity index is 1010. The highest BCUT2D eigenvalue weighted by Crippen LogP contribution is 2.45. The van der Waals surface area contributed by atoms with Crippen molar-refractivity contribution in [3.8, 4) is 6.07 Å². The molecule has 0 N–H and O–H groups in total. The number of hydrogen-bond donors (Lipinski definition) is 0. The molecule has 4 rings (SSSR count). The Hall–Kier alpha value is -2.96. The lowest BCUT2D eigenvalue weighted by atomic mass is 9.67. The molecule has 3 aromatic rings. The molecule has 1 fully saturated rings. The molecular formula is C32H37FN2. The number of hydrogen-bond acceptors (Lipinski definition) is 2. The van der Waals surface area contributed by atoms with Gasteiger partial charge in [0.15, 0.2) is 0 Å². The molecule has 0 bridgehead atoms. The van der Waals surface area contributed by atoms with E-state index < -0.39 is 5.41 Å². The molecule has 0 heterocycles. The number of nitrogens with zero attached hydrogens (tertiary/aromatic N) is 2. The highest BCUT2D eigenvalue weighted by molar-refractivity contribution is 5.34. The molecule has 0 aliphatic heterocycles. The van der Waals surface area contributed by atoms with Crippen molar-refractivity contribution in [2.45, 2.75) is 56.8 Å². The molecule has 0 amide bonds. The highest BCUT2D eigenvalue weighted by Gasteiger charge is 2.41. The molecule has 1 aliphatic rings. The first kappa shape index (κ1) is 25.1. The Balaban J connectivity index is 1.44. The first-order valence-corrected chi connectivity index (χ1v) is 13.2. The van der Waals surface area contributed by atoms with Crippen molar-refractivity contribution in [1.82, 2.24) is 4.90 Å². The topological polar surface area (TPSA) is 27.0 Å². The summed E-state index contributed by atoms with van der Waals surface area (Å²) in [6, 6.07) is 30.8. The summed E-state index contributed by atoms with van der Waals surface area (Å²) in [7, 11) is 0. The monoisotopic (exact) mass is 468 g/mol. The molecule has 1 atom stereocenters. The molecular weight excluding hydrogens is 431 g/mol. The van der Waals surface area contributed by atoms with Gasteiger partial charge in [0.25, 0.3) is 0 Å². The molecule has 2 nitrogen and oxygen atoms in total. The normalized spacial score (nSPS) is 15.7. The van der Waals surface area contributed by atoms with E-state index in [4.69, 9.17) is 0 Å². The lowest BCUT2D eigenvalue weighted by Crippen LogP contribution is -2.35. The van der Waals surface area contributed by atoms with Crippen LogP contribution in [-0.2, 0) is 18.3 Å². The number of benzene rings is 3. The Labute approximate surface area is 210 Å². The minimum Gasteiger partial charge on any atom is -0.303 e. The summed E-state index contributed by atoms with van der Waals surface area (Å²) in [5, 5.41) is 10.5. The molecule has 182 valence electrons. The number of nitriles is 1. The van der Waals surface area contributed by atoms with E-state index in [0.717, 1.165) is 63.7 Å². The number of rotatable bonds is 12. The maximum Gasteiger partial charge on any atom is 0.123 e. The summed E-state index contributed by atoms with van der Waals surface area (Å²) in [5.41, 5.74) is 3.20. The van der Waals surface area contributed by atoms with E-state index in [-0.39, 0.29) is 5.82 Å². The SMILES string of the molecule is N#CC(CCCN(CCc1ccccc1)CCc1ccccc1)(c1ccc(F)cc1)C1CCCC1. The summed E-state index contributed by atoms with van der Waals surface area (Å²) >= 11 is 0. The first-order chi connectivity index (χ1) is 17.2. The summed E-state index contributed by atoms with van der Waals surface area (Å²) in [6.45, 7) is 2.99. The van der Waals surface area contributed by atoms with Gasteiger partial charge < -0.3 is 4.90 Å². The molecule has 0 spiro atoms. The Morgan fingerprint density at radius 3 is 1.83 bits per heavy atom. The molecule has 3 heteroatoms. The third-order valence-electron chi connectivity index (χ3n) is 7.78. The van der Waals surface area contributed by atoms with Crippen LogP contribution in [0.5, 0.6) is 0 Å². The van der Waals surface area contributed by atoms with Crippen LogP contribution in [0.4, 0.5) is 4.39 Å². The fourth-order valence-corrected chi connectivity index (χ4v) is 5.74. The highest BCUT2D eigenvalue weighted by atomic mass is 19.1. The molecule has 1 unspecified atom stereocenters. The molecule has 0 saturated heterocycles. The summed E-state index contributed by atoms with van der Waals surface area (Å²) in [5.74, 6) is 0.125. The van der Waals surface area contributed by atoms with Crippen LogP contribution in [0.15, 0.2) is 84.9 Å². The zero-order chi connectivity index (χ0) is 24.3. The van der Waals surface area contributed by atoms with Crippen LogP contribution in [0.25, 0.3) is 0 Å². The van der Waals surface area contributed by atoms with Gasteiger partial charge in [0.1, 0.15) is 5.82 Å². The van der Waals surface area contributed by atoms with Crippen LogP contribution < -0.4 is 0 Å². The van der Waals surface area contributed by atoms with Crippen LogP contribution in [0.1, 0.15) is 55.2 Å². The van der Waals surface area contributed by atoms with Gasteiger partial charge in [-0.2, -0.15) is 5.26 Å². The van der Waals surface area contributed by atoms with Crippen molar-refractivity contribution >= 4 is 0 Å². The minimum atomic E-state index is -0.519. The van der Waals surface area contributed by atoms with E-state index in [1.807, 2.05) is 12.1 Å². The third-order valence-corrected chi connectivity index (χ3v) is 7.78. The van der Waals surface area contributed by atoms with E-state index in [0.29, 0.717) is 5.92 Å². The van der Waals surface area contributed by atoms with Crippen molar-refractivity contribution < 1.29 is 4.39 Å². The van der Waals surface area contributed by atoms with Gasteiger partial charge in [0, 0.05) is 13.1 Å². The molecule has 0 radical (unpaired) electrons. The van der Waals surface area contributed by atoms with Crippen LogP contribution in [0.2, 0.25) is 0 Å². The maximum absolute atomic E-state index is 13.7. The van der Waals surface area contributed by atoms with Gasteiger partial charge in [0.05, 0.1) is 11.5 Å². The molecule has 3 aromatic carbocycles. The number of halogens is 1. The quantitative estimate of drug-likeness (QED) is 0.278. The van der Waals surface area contributed by atoms with Crippen LogP contribution in [-0.4, -0.2) is 24.5 Å². The van der Waals surface area contributed by atoms with Crippen molar-refractivity contribution in [2.75, 3.05) is 19.6 Å². The largest absolute Gasteiger partial charge is 0.303 e. The summed E-state index contributed by atoms with van der Waals surface area (Å²) < 4.78 is 13.7. The molecule has 1 saturated carbocycles. The second-order valence-electron chi connectivity index (χ2n) is 9.99.